The van der Waals surface area contributed by atoms with Crippen LogP contribution in [0.1, 0.15) is 0 Å². The number of nitrogens with one attached hydrogen (secondary N) is 1. The minimum Gasteiger partial charge on any atom is -0.594 e. The van der Waals surface area contributed by atoms with Gasteiger partial charge < -0.3 is 9.77 Å². The highest BCUT2D eigenvalue weighted by Crippen LogP contribution is 2.27. The lowest BCUT2D eigenvalue weighted by atomic mass is 10.7. The normalized spacial score (nSPS) is 12.7. The van der Waals surface area contributed by atoms with Crippen molar-refractivity contribution in [1.82, 2.24) is 19.5 Å². The molecule has 0 aliphatic carbocycles. The maximum atomic E-state index is 10.9. The maximum absolute atomic E-state index is 10.9. The topological polar surface area (TPSA) is 91.3 Å². The van der Waals surface area contributed by atoms with Crippen molar-refractivity contribution >= 4 is 17.6 Å². The van der Waals surface area contributed by atoms with Crippen molar-refractivity contribution in [2.24, 2.45) is 7.05 Å². The highest BCUT2D eigenvalue weighted by Gasteiger charge is 2.17. The fraction of sp³-hybridized carbons (Fsp3) is 0.125. The molecular formula is C8H9N5O2S. The van der Waals surface area contributed by atoms with E-state index in [1.54, 1.807) is 30.1 Å². The van der Waals surface area contributed by atoms with Crippen LogP contribution in [0.5, 0.6) is 0 Å². The lowest BCUT2D eigenvalue weighted by Gasteiger charge is -2.10. The quantitative estimate of drug-likeness (QED) is 0.567. The van der Waals surface area contributed by atoms with Crippen molar-refractivity contribution in [1.29, 1.82) is 0 Å². The van der Waals surface area contributed by atoms with Crippen molar-refractivity contribution in [3.63, 3.8) is 0 Å². The Kier molecular flexibility index (Phi) is 3.15. The summed E-state index contributed by atoms with van der Waals surface area (Å²) in [5.74, 6) is 0.0138. The monoisotopic (exact) mass is 239 g/mol. The predicted molar refractivity (Wildman–Crippen MR) is 55.1 cm³/mol. The van der Waals surface area contributed by atoms with E-state index in [1.165, 1.54) is 18.1 Å². The average Bonchev–Trinajstić information content (AvgIpc) is 2.62. The van der Waals surface area contributed by atoms with E-state index in [4.69, 9.17) is 5.21 Å². The van der Waals surface area contributed by atoms with Crippen LogP contribution < -0.4 is 5.23 Å². The third kappa shape index (κ3) is 2.19. The van der Waals surface area contributed by atoms with Gasteiger partial charge >= 0.3 is 0 Å². The van der Waals surface area contributed by atoms with Crippen LogP contribution in [-0.2, 0) is 7.05 Å². The van der Waals surface area contributed by atoms with Crippen molar-refractivity contribution in [2.75, 3.05) is 0 Å². The lowest BCUT2D eigenvalue weighted by Crippen LogP contribution is -2.99. The predicted octanol–water partition coefficient (Wildman–Crippen LogP) is -0.235. The van der Waals surface area contributed by atoms with Gasteiger partial charge in [0.1, 0.15) is 6.33 Å². The van der Waals surface area contributed by atoms with E-state index in [0.29, 0.717) is 10.2 Å². The van der Waals surface area contributed by atoms with Crippen molar-refractivity contribution < 1.29 is 10.4 Å². The third-order valence-corrected chi connectivity index (χ3v) is 2.88. The summed E-state index contributed by atoms with van der Waals surface area (Å²) >= 11 is 1.17. The molecule has 0 saturated carbocycles. The molecule has 2 heterocycles. The van der Waals surface area contributed by atoms with Gasteiger partial charge in [-0.1, -0.05) is 0 Å². The Morgan fingerprint density at radius 2 is 2.06 bits per heavy atom. The molecule has 1 unspecified atom stereocenters. The first-order chi connectivity index (χ1) is 7.68. The smallest absolute Gasteiger partial charge is 0.291 e. The summed E-state index contributed by atoms with van der Waals surface area (Å²) in [5.41, 5.74) is 0. The molecule has 7 nitrogen and oxygen atoms in total. The van der Waals surface area contributed by atoms with Gasteiger partial charge in [0.25, 0.3) is 5.82 Å². The first-order valence-corrected chi connectivity index (χ1v) is 5.19. The SMILES string of the molecule is Cn1cnc([NH+]([O-])O)c1Sc1ncccn1. The third-order valence-electron chi connectivity index (χ3n) is 1.82. The van der Waals surface area contributed by atoms with Gasteiger partial charge in [0.15, 0.2) is 10.2 Å². The molecule has 0 aromatic carbocycles. The molecule has 84 valence electrons. The molecule has 0 amide bonds. The molecular weight excluding hydrogens is 230 g/mol. The van der Waals surface area contributed by atoms with Crippen molar-refractivity contribution in [3.8, 4) is 0 Å². The molecule has 16 heavy (non-hydrogen) atoms. The molecule has 0 bridgehead atoms. The van der Waals surface area contributed by atoms with E-state index >= 15 is 0 Å². The van der Waals surface area contributed by atoms with Gasteiger partial charge in [-0.05, 0) is 17.8 Å². The minimum atomic E-state index is -1.06. The van der Waals surface area contributed by atoms with Crippen LogP contribution in [0.15, 0.2) is 35.0 Å². The Morgan fingerprint density at radius 3 is 2.69 bits per heavy atom. The highest BCUT2D eigenvalue weighted by atomic mass is 32.2. The summed E-state index contributed by atoms with van der Waals surface area (Å²) in [7, 11) is 1.73. The van der Waals surface area contributed by atoms with Gasteiger partial charge in [0.05, 0.1) is 0 Å². The Morgan fingerprint density at radius 1 is 1.38 bits per heavy atom. The second-order valence-electron chi connectivity index (χ2n) is 2.95. The molecule has 2 aromatic rings. The number of hydrogen-bond donors (Lipinski definition) is 2. The molecule has 0 fully saturated rings. The molecule has 1 atom stereocenters. The summed E-state index contributed by atoms with van der Waals surface area (Å²) in [5, 5.41) is 19.8. The first kappa shape index (κ1) is 11.0. The van der Waals surface area contributed by atoms with Gasteiger partial charge in [0.2, 0.25) is 0 Å². The van der Waals surface area contributed by atoms with E-state index in [1.807, 2.05) is 0 Å². The van der Waals surface area contributed by atoms with Gasteiger partial charge in [0, 0.05) is 19.4 Å². The Hall–Kier alpha value is -1.48. The number of aromatic nitrogens is 4. The molecule has 2 aromatic heterocycles. The van der Waals surface area contributed by atoms with Crippen molar-refractivity contribution in [3.05, 3.63) is 30.0 Å². The van der Waals surface area contributed by atoms with Gasteiger partial charge in [-0.3, -0.25) is 0 Å². The second-order valence-corrected chi connectivity index (χ2v) is 3.90. The minimum absolute atomic E-state index is 0.0138. The zero-order valence-corrected chi connectivity index (χ0v) is 9.18. The molecule has 0 radical (unpaired) electrons. The van der Waals surface area contributed by atoms with E-state index in [-0.39, 0.29) is 5.82 Å². The number of hydrogen-bond acceptors (Lipinski definition) is 6. The number of nitrogens with zero attached hydrogens (tertiary/aromatic N) is 4. The summed E-state index contributed by atoms with van der Waals surface area (Å²) in [4.78, 5) is 11.8. The van der Waals surface area contributed by atoms with Crippen LogP contribution in [0, 0.1) is 5.21 Å². The molecule has 0 spiro atoms. The fourth-order valence-electron chi connectivity index (χ4n) is 1.11. The fourth-order valence-corrected chi connectivity index (χ4v) is 1.94. The van der Waals surface area contributed by atoms with E-state index in [9.17, 15) is 5.21 Å². The first-order valence-electron chi connectivity index (χ1n) is 4.38. The van der Waals surface area contributed by atoms with Gasteiger partial charge in [-0.2, -0.15) is 10.2 Å². The summed E-state index contributed by atoms with van der Waals surface area (Å²) in [6.07, 6.45) is 4.66. The number of rotatable bonds is 3. The summed E-state index contributed by atoms with van der Waals surface area (Å²) in [6, 6.07) is 1.70. The standard InChI is InChI=1S/C8H9N5O2S/c1-12-5-11-6(13(14)15)7(12)16-8-9-3-2-4-10-8/h2-5,13-14H,1H3. The van der Waals surface area contributed by atoms with E-state index in [0.717, 1.165) is 0 Å². The molecule has 2 rings (SSSR count). The largest absolute Gasteiger partial charge is 0.594 e. The highest BCUT2D eigenvalue weighted by molar-refractivity contribution is 7.99. The number of quaternary nitrogens is 1. The maximum Gasteiger partial charge on any atom is 0.291 e. The molecule has 0 aliphatic heterocycles. The van der Waals surface area contributed by atoms with Crippen LogP contribution >= 0.6 is 11.8 Å². The van der Waals surface area contributed by atoms with Crippen LogP contribution in [0.3, 0.4) is 0 Å². The summed E-state index contributed by atoms with van der Waals surface area (Å²) < 4.78 is 1.63. The summed E-state index contributed by atoms with van der Waals surface area (Å²) in [6.45, 7) is 0. The van der Waals surface area contributed by atoms with E-state index < -0.39 is 5.23 Å². The number of imidazole rings is 1. The Bertz CT molecular complexity index is 473. The van der Waals surface area contributed by atoms with E-state index in [2.05, 4.69) is 15.0 Å². The number of aryl methyl sites for hydroxylation is 1. The van der Waals surface area contributed by atoms with Gasteiger partial charge in [-0.25, -0.2) is 15.2 Å². The molecule has 0 aliphatic rings. The average molecular weight is 239 g/mol. The van der Waals surface area contributed by atoms with Crippen molar-refractivity contribution in [2.45, 2.75) is 10.2 Å². The van der Waals surface area contributed by atoms with Crippen LogP contribution in [0.4, 0.5) is 5.82 Å². The van der Waals surface area contributed by atoms with Crippen LogP contribution in [-0.4, -0.2) is 24.7 Å². The Balaban J connectivity index is 2.31. The van der Waals surface area contributed by atoms with Gasteiger partial charge in [-0.15, -0.1) is 0 Å². The van der Waals surface area contributed by atoms with Crippen LogP contribution in [0.25, 0.3) is 0 Å². The molecule has 2 N–H and O–H groups in total. The van der Waals surface area contributed by atoms with Crippen LogP contribution in [0.2, 0.25) is 0 Å². The zero-order valence-electron chi connectivity index (χ0n) is 8.36. The second kappa shape index (κ2) is 4.58. The molecule has 8 heteroatoms. The zero-order chi connectivity index (χ0) is 11.5. The lowest BCUT2D eigenvalue weighted by molar-refractivity contribution is -0.994. The Labute approximate surface area is 95.3 Å². The molecule has 0 saturated heterocycles.